The summed E-state index contributed by atoms with van der Waals surface area (Å²) in [4.78, 5) is 118. The monoisotopic (exact) mass is 1870 g/mol. The van der Waals surface area contributed by atoms with Crippen LogP contribution in [0.4, 0.5) is 77.5 Å². The van der Waals surface area contributed by atoms with Crippen molar-refractivity contribution in [1.29, 1.82) is 0 Å². The van der Waals surface area contributed by atoms with Crippen LogP contribution < -0.4 is 125 Å². The fourth-order valence-electron chi connectivity index (χ4n) is 13.1. The smallest absolute Gasteiger partial charge is 0.855 e. The Balaban J connectivity index is 0.000000176. The van der Waals surface area contributed by atoms with E-state index in [1.165, 1.54) is 34.3 Å². The molecule has 0 aliphatic rings. The van der Waals surface area contributed by atoms with Crippen LogP contribution in [0.3, 0.4) is 0 Å². The number of aromatic nitrogens is 12. The van der Waals surface area contributed by atoms with Crippen LogP contribution in [0.15, 0.2) is 218 Å². The van der Waals surface area contributed by atoms with Crippen molar-refractivity contribution in [2.45, 2.75) is 93.3 Å². The summed E-state index contributed by atoms with van der Waals surface area (Å²) >= 11 is 0. The van der Waals surface area contributed by atoms with E-state index in [1.54, 1.807) is 236 Å². The summed E-state index contributed by atoms with van der Waals surface area (Å²) in [5.41, 5.74) is 54.2. The van der Waals surface area contributed by atoms with Gasteiger partial charge in [-0.05, 0) is 196 Å². The van der Waals surface area contributed by atoms with Gasteiger partial charge in [0.15, 0.2) is 28.7 Å². The normalized spacial score (nSPS) is 10.8. The van der Waals surface area contributed by atoms with Crippen LogP contribution in [0.2, 0.25) is 0 Å². The number of aromatic amines is 1. The largest absolute Gasteiger partial charge is 1.00 e. The summed E-state index contributed by atoms with van der Waals surface area (Å²) in [7, 11) is 3.21. The van der Waals surface area contributed by atoms with E-state index in [0.29, 0.717) is 159 Å². The molecule has 16 rings (SSSR count). The first-order chi connectivity index (χ1) is 65.1. The SMILES string of the molecule is CC(C)(C)OC(=O)Nc1ccc(Oc2ccnc(N)c2N)c2cccnc12.CCOC(=O)Cc1c(Oc2ccc(N)c3ncccc23)ccnc1N.CCOC(=O)Cc1c(Oc2ccc(NC(=O)OC(C)(C)C)c3ncccc23)ccnc1N.CCOC(=O)N(C)c1c(Oc2ccc(N)c3ncccc23)ccnc1N.CC[O-].Cn1c(=O)[nH]c2nccc(Oc3ccc(N)c4ncccc34)c21.[Na+]. The number of esters is 2. The van der Waals surface area contributed by atoms with Crippen LogP contribution >= 0.6 is 0 Å². The van der Waals surface area contributed by atoms with Gasteiger partial charge >= 0.3 is 65.5 Å². The van der Waals surface area contributed by atoms with Crippen molar-refractivity contribution < 1.29 is 106 Å². The average molecular weight is 1870 g/mol. The first-order valence-corrected chi connectivity index (χ1v) is 42.2. The molecule has 41 heteroatoms. The quantitative estimate of drug-likeness (QED) is 0.0146. The number of H-pyrrole nitrogens is 1. The van der Waals surface area contributed by atoms with Gasteiger partial charge in [-0.3, -0.25) is 59.6 Å². The average Bonchev–Trinajstić information content (AvgIpc) is 1.76. The number of hydrogen-bond acceptors (Lipinski definition) is 35. The van der Waals surface area contributed by atoms with E-state index < -0.39 is 41.4 Å². The van der Waals surface area contributed by atoms with Gasteiger partial charge in [0.25, 0.3) is 0 Å². The zero-order valence-corrected chi connectivity index (χ0v) is 79.4. The zero-order valence-electron chi connectivity index (χ0n) is 77.4. The van der Waals surface area contributed by atoms with Crippen LogP contribution in [-0.4, -0.2) is 134 Å². The number of anilines is 11. The van der Waals surface area contributed by atoms with Crippen molar-refractivity contribution >= 4 is 159 Å². The Labute approximate surface area is 807 Å². The third-order valence-electron chi connectivity index (χ3n) is 19.0. The van der Waals surface area contributed by atoms with E-state index >= 15 is 0 Å². The Kier molecular flexibility index (Phi) is 35.2. The summed E-state index contributed by atoms with van der Waals surface area (Å²) in [6, 6.07) is 43.7. The number of nitrogens with zero attached hydrogens (tertiary/aromatic N) is 12. The summed E-state index contributed by atoms with van der Waals surface area (Å²) < 4.78 is 57.3. The van der Waals surface area contributed by atoms with Crippen LogP contribution in [-0.2, 0) is 53.2 Å². The van der Waals surface area contributed by atoms with Gasteiger partial charge in [0.05, 0.1) is 88.7 Å². The van der Waals surface area contributed by atoms with E-state index in [0.717, 1.165) is 16.2 Å². The minimum atomic E-state index is -0.632. The molecule has 0 saturated carbocycles. The van der Waals surface area contributed by atoms with Gasteiger partial charge < -0.3 is 98.3 Å². The fourth-order valence-corrected chi connectivity index (χ4v) is 13.1. The molecule has 0 saturated heterocycles. The molecule has 5 aromatic carbocycles. The number of nitrogens with two attached hydrogens (primary N) is 8. The Bertz CT molecular complexity index is 7080. The number of amides is 3. The molecule has 137 heavy (non-hydrogen) atoms. The second-order valence-electron chi connectivity index (χ2n) is 30.9. The zero-order chi connectivity index (χ0) is 98.1. The number of aryl methyl sites for hydroxylation is 1. The van der Waals surface area contributed by atoms with Crippen LogP contribution in [0, 0.1) is 0 Å². The van der Waals surface area contributed by atoms with E-state index in [9.17, 15) is 28.8 Å². The number of ether oxygens (including phenoxy) is 10. The number of pyridine rings is 10. The molecule has 0 atom stereocenters. The number of carbonyl (C=O) groups is 5. The second-order valence-corrected chi connectivity index (χ2v) is 30.9. The Morgan fingerprint density at radius 1 is 0.394 bits per heavy atom. The van der Waals surface area contributed by atoms with Crippen molar-refractivity contribution in [3.8, 4) is 57.5 Å². The van der Waals surface area contributed by atoms with Gasteiger partial charge in [-0.15, -0.1) is 6.61 Å². The number of nitrogens with one attached hydrogen (secondary N) is 3. The van der Waals surface area contributed by atoms with E-state index in [-0.39, 0.29) is 96.9 Å². The third kappa shape index (κ3) is 26.6. The molecule has 3 amide bonds. The van der Waals surface area contributed by atoms with Crippen molar-refractivity contribution in [1.82, 2.24) is 59.4 Å². The third-order valence-corrected chi connectivity index (χ3v) is 19.0. The van der Waals surface area contributed by atoms with Crippen LogP contribution in [0.5, 0.6) is 57.5 Å². The number of carbonyl (C=O) groups excluding carboxylic acids is 5. The predicted octanol–water partition coefficient (Wildman–Crippen LogP) is 12.8. The molecule has 0 unspecified atom stereocenters. The maximum Gasteiger partial charge on any atom is 1.00 e. The first-order valence-electron chi connectivity index (χ1n) is 42.2. The molecule has 0 aliphatic carbocycles. The molecule has 11 aromatic heterocycles. The fraction of sp³-hybridized carbons (Fsp3) is 0.208. The molecule has 16 aromatic rings. The molecule has 0 aliphatic heterocycles. The number of fused-ring (bicyclic) bond motifs is 6. The van der Waals surface area contributed by atoms with E-state index in [2.05, 4.69) is 65.5 Å². The molecular weight excluding hydrogens is 1770 g/mol. The van der Waals surface area contributed by atoms with E-state index in [4.69, 9.17) is 98.3 Å². The molecule has 40 nitrogen and oxygen atoms in total. The second kappa shape index (κ2) is 47.1. The standard InChI is InChI=1S/C23H26N4O5.C19H21N5O3.C18H19N5O3.C18H18N4O3.C16H13N5O2.C2H5O.Na/c1-5-30-19(28)13-15-18(10-12-26-21(15)24)31-17-9-8-16(20-14(17)7-6-11-25-20)27-22(29)32-23(2,3)4;1-19(2,3)27-18(25)24-12-6-7-13(11-5-4-9-22-16(11)12)26-14-8-10-23-17(21)15(14)20;1-3-25-18(24)23(2)16-14(8-10-22-17(16)20)26-13-7-6-12(19)15-11(13)5-4-9-21-15;1-2-24-16(23)10-12-15(7-9-22-18(12)20)25-14-6-5-13(19)17-11(14)4-3-8-21-17;1-21-14-12(6-8-19-15(14)20-16(21)22)23-11-5-4-10(17)13-9(11)3-2-7-18-13;1-2-3;/h6-12H,5,13H2,1-4H3,(H2,24,26)(H,27,29);4-10H,20H2,1-3H3,(H2,21,23)(H,24,25);4-10H,3,19H2,1-2H3,(H2,20,22);3-9H,2,10,19H2,1H3,(H2,20,22);2-8H,17H2,1H3,(H,19,20,22);2H2,1H3;/q;;;;;-1;+1. The van der Waals surface area contributed by atoms with Gasteiger partial charge in [0.1, 0.15) is 85.8 Å². The summed E-state index contributed by atoms with van der Waals surface area (Å²) in [6.07, 6.45) is 14.1. The van der Waals surface area contributed by atoms with Gasteiger partial charge in [0.2, 0.25) is 0 Å². The number of benzene rings is 5. The number of nitrogen functional groups attached to an aromatic ring is 8. The summed E-state index contributed by atoms with van der Waals surface area (Å²) in [6.45, 7) is 18.3. The molecule has 11 heterocycles. The van der Waals surface area contributed by atoms with Gasteiger partial charge in [-0.1, -0.05) is 6.92 Å². The summed E-state index contributed by atoms with van der Waals surface area (Å²) in [5.74, 6) is 4.73. The van der Waals surface area contributed by atoms with Gasteiger partial charge in [-0.2, -0.15) is 0 Å². The van der Waals surface area contributed by atoms with Gasteiger partial charge in [0, 0.05) is 132 Å². The molecule has 0 spiro atoms. The Morgan fingerprint density at radius 3 is 1.11 bits per heavy atom. The summed E-state index contributed by atoms with van der Waals surface area (Å²) in [5, 5.41) is 18.0. The number of hydrogen-bond donors (Lipinski definition) is 11. The van der Waals surface area contributed by atoms with E-state index in [1.807, 2.05) is 36.4 Å². The molecule has 704 valence electrons. The van der Waals surface area contributed by atoms with Crippen molar-refractivity contribution in [3.05, 3.63) is 235 Å². The van der Waals surface area contributed by atoms with Crippen molar-refractivity contribution in [3.63, 3.8) is 0 Å². The maximum atomic E-state index is 12.2. The van der Waals surface area contributed by atoms with Gasteiger partial charge in [-0.25, -0.2) is 44.1 Å². The minimum Gasteiger partial charge on any atom is -0.855 e. The maximum absolute atomic E-state index is 12.2. The molecular formula is C96H102N23NaO17. The molecule has 0 radical (unpaired) electrons. The number of imidazole rings is 1. The van der Waals surface area contributed by atoms with Crippen molar-refractivity contribution in [2.24, 2.45) is 7.05 Å². The first kappa shape index (κ1) is 102. The predicted molar refractivity (Wildman–Crippen MR) is 519 cm³/mol. The Morgan fingerprint density at radius 2 is 0.715 bits per heavy atom. The van der Waals surface area contributed by atoms with Crippen LogP contribution in [0.1, 0.15) is 80.4 Å². The minimum absolute atomic E-state index is 0. The Hall–Kier alpha value is -16.7. The van der Waals surface area contributed by atoms with Crippen LogP contribution in [0.25, 0.3) is 65.7 Å². The molecule has 19 N–H and O–H groups in total. The molecule has 0 bridgehead atoms. The number of rotatable bonds is 20. The van der Waals surface area contributed by atoms with Crippen molar-refractivity contribution in [2.75, 3.05) is 94.9 Å². The molecule has 0 fully saturated rings. The topological polar surface area (TPSA) is 603 Å².